The maximum Gasteiger partial charge on any atom is 0.277 e. The van der Waals surface area contributed by atoms with Crippen LogP contribution >= 0.6 is 0 Å². The third kappa shape index (κ3) is 7.60. The van der Waals surface area contributed by atoms with Crippen molar-refractivity contribution < 1.29 is 39.8 Å². The molecule has 5 rings (SSSR count). The number of hydrogen-bond donors (Lipinski definition) is 2. The first-order valence-corrected chi connectivity index (χ1v) is 14.7. The van der Waals surface area contributed by atoms with Gasteiger partial charge in [-0.15, -0.1) is 0 Å². The summed E-state index contributed by atoms with van der Waals surface area (Å²) in [4.78, 5) is 24.7. The summed E-state index contributed by atoms with van der Waals surface area (Å²) in [6.07, 6.45) is 7.88. The molecule has 3 N–H and O–H groups in total. The topological polar surface area (TPSA) is 82.5 Å². The number of fused-ring (bicyclic) bond motifs is 3. The van der Waals surface area contributed by atoms with Gasteiger partial charge >= 0.3 is 0 Å². The molecule has 1 aliphatic rings. The third-order valence-electron chi connectivity index (χ3n) is 8.30. The van der Waals surface area contributed by atoms with Crippen molar-refractivity contribution in [2.24, 2.45) is 0 Å². The first-order chi connectivity index (χ1) is 19.1. The fraction of sp³-hybridized carbons (Fsp3) is 0.516. The van der Waals surface area contributed by atoms with E-state index in [9.17, 15) is 4.79 Å². The number of hydrogen-bond acceptors (Lipinski definition) is 4. The molecule has 224 valence electrons. The van der Waals surface area contributed by atoms with Crippen molar-refractivity contribution in [1.29, 1.82) is 0 Å². The molecule has 4 heterocycles. The molecule has 1 aliphatic heterocycles. The Morgan fingerprint density at radius 3 is 2.44 bits per heavy atom. The number of quaternary nitrogens is 2. The molecule has 0 radical (unpaired) electrons. The van der Waals surface area contributed by atoms with Gasteiger partial charge in [0.2, 0.25) is 5.88 Å². The Labute approximate surface area is 255 Å². The highest BCUT2D eigenvalue weighted by Crippen LogP contribution is 2.21. The zero-order valence-electron chi connectivity index (χ0n) is 24.5. The van der Waals surface area contributed by atoms with E-state index < -0.39 is 0 Å². The first-order valence-electron chi connectivity index (χ1n) is 14.7. The minimum atomic E-state index is 0. The first kappa shape index (κ1) is 32.9. The van der Waals surface area contributed by atoms with Crippen molar-refractivity contribution in [3.63, 3.8) is 0 Å². The zero-order valence-corrected chi connectivity index (χ0v) is 26.1. The Morgan fingerprint density at radius 1 is 1.00 bits per heavy atom. The van der Waals surface area contributed by atoms with Crippen molar-refractivity contribution in [3.05, 3.63) is 69.9 Å². The number of aromatic nitrogens is 4. The molecule has 8 nitrogen and oxygen atoms in total. The monoisotopic (exact) mass is 602 g/mol. The second kappa shape index (κ2) is 15.5. The minimum Gasteiger partial charge on any atom is -1.00 e. The summed E-state index contributed by atoms with van der Waals surface area (Å²) in [5.74, 6) is 1.40. The van der Waals surface area contributed by atoms with Gasteiger partial charge in [-0.25, -0.2) is 4.98 Å². The van der Waals surface area contributed by atoms with Gasteiger partial charge in [0.1, 0.15) is 17.9 Å². The molecule has 0 unspecified atom stereocenters. The number of pyridine rings is 1. The van der Waals surface area contributed by atoms with Crippen molar-refractivity contribution in [2.45, 2.75) is 77.9 Å². The van der Waals surface area contributed by atoms with E-state index in [1.54, 1.807) is 12.0 Å². The van der Waals surface area contributed by atoms with Crippen molar-refractivity contribution in [1.82, 2.24) is 18.9 Å². The number of unbranched alkanes of at least 4 members (excludes halogenated alkanes) is 3. The SMILES string of the molecule is CCc1nc(C)c2c(=O)n(CCCCCC[NH2+]C3CC[NH+](Cc4ccccc4)CC3)c3ccc(OC)nc3n12.[Cl-].[Cl-]. The number of benzene rings is 1. The number of nitrogens with zero attached hydrogens (tertiary/aromatic N) is 4. The predicted octanol–water partition coefficient (Wildman–Crippen LogP) is -3.70. The van der Waals surface area contributed by atoms with Crippen molar-refractivity contribution in [3.8, 4) is 5.88 Å². The van der Waals surface area contributed by atoms with Crippen LogP contribution in [0.15, 0.2) is 47.3 Å². The Balaban J connectivity index is 0.00000231. The fourth-order valence-corrected chi connectivity index (χ4v) is 6.14. The average molecular weight is 604 g/mol. The van der Waals surface area contributed by atoms with Crippen LogP contribution in [0.4, 0.5) is 0 Å². The summed E-state index contributed by atoms with van der Waals surface area (Å²) in [7, 11) is 1.62. The second-order valence-electron chi connectivity index (χ2n) is 11.0. The van der Waals surface area contributed by atoms with Gasteiger partial charge in [0.25, 0.3) is 5.56 Å². The third-order valence-corrected chi connectivity index (χ3v) is 8.30. The maximum atomic E-state index is 13.6. The highest BCUT2D eigenvalue weighted by molar-refractivity contribution is 5.77. The van der Waals surface area contributed by atoms with Gasteiger partial charge < -0.3 is 44.3 Å². The number of likely N-dealkylation sites (tertiary alicyclic amines) is 1. The molecule has 0 bridgehead atoms. The van der Waals surface area contributed by atoms with Crippen LogP contribution in [0.2, 0.25) is 0 Å². The van der Waals surface area contributed by atoms with Gasteiger partial charge in [-0.2, -0.15) is 4.98 Å². The lowest BCUT2D eigenvalue weighted by Crippen LogP contribution is -3.13. The van der Waals surface area contributed by atoms with E-state index in [2.05, 4.69) is 47.6 Å². The summed E-state index contributed by atoms with van der Waals surface area (Å²) < 4.78 is 9.21. The Hall–Kier alpha value is -2.65. The summed E-state index contributed by atoms with van der Waals surface area (Å²) in [6, 6.07) is 15.5. The molecule has 10 heteroatoms. The Bertz CT molecular complexity index is 1450. The molecule has 0 aliphatic carbocycles. The largest absolute Gasteiger partial charge is 1.00 e. The summed E-state index contributed by atoms with van der Waals surface area (Å²) in [5.41, 5.74) is 4.45. The van der Waals surface area contributed by atoms with Crippen LogP contribution in [0, 0.1) is 6.92 Å². The van der Waals surface area contributed by atoms with E-state index in [0.717, 1.165) is 54.5 Å². The van der Waals surface area contributed by atoms with Crippen LogP contribution in [-0.2, 0) is 19.5 Å². The molecule has 1 fully saturated rings. The molecule has 0 spiro atoms. The van der Waals surface area contributed by atoms with Gasteiger partial charge in [0.05, 0.1) is 44.0 Å². The van der Waals surface area contributed by atoms with Crippen LogP contribution in [0.1, 0.15) is 62.5 Å². The number of nitrogens with one attached hydrogen (secondary N) is 1. The number of rotatable bonds is 12. The van der Waals surface area contributed by atoms with E-state index in [0.29, 0.717) is 17.9 Å². The van der Waals surface area contributed by atoms with Gasteiger partial charge in [0.15, 0.2) is 5.65 Å². The van der Waals surface area contributed by atoms with Crippen molar-refractivity contribution in [2.75, 3.05) is 26.7 Å². The number of nitrogens with two attached hydrogens (primary N) is 1. The molecular formula is C31H44Cl2N6O2. The number of ether oxygens (including phenoxy) is 1. The fourth-order valence-electron chi connectivity index (χ4n) is 6.14. The molecular weight excluding hydrogens is 559 g/mol. The van der Waals surface area contributed by atoms with Gasteiger partial charge in [0, 0.05) is 37.4 Å². The molecule has 41 heavy (non-hydrogen) atoms. The number of aryl methyl sites for hydroxylation is 3. The van der Waals surface area contributed by atoms with Gasteiger partial charge in [-0.3, -0.25) is 9.20 Å². The molecule has 1 aromatic carbocycles. The Kier molecular flexibility index (Phi) is 12.5. The second-order valence-corrected chi connectivity index (χ2v) is 11.0. The lowest BCUT2D eigenvalue weighted by molar-refractivity contribution is -0.926. The summed E-state index contributed by atoms with van der Waals surface area (Å²) >= 11 is 0. The number of halogens is 2. The molecule has 1 saturated heterocycles. The van der Waals surface area contributed by atoms with Crippen LogP contribution in [0.3, 0.4) is 0 Å². The van der Waals surface area contributed by atoms with E-state index in [4.69, 9.17) is 9.72 Å². The smallest absolute Gasteiger partial charge is 0.277 e. The molecule has 0 amide bonds. The number of imidazole rings is 1. The van der Waals surface area contributed by atoms with Crippen LogP contribution in [0.25, 0.3) is 16.7 Å². The lowest BCUT2D eigenvalue weighted by Gasteiger charge is -2.28. The summed E-state index contributed by atoms with van der Waals surface area (Å²) in [5, 5.41) is 2.58. The number of piperidine rings is 1. The lowest BCUT2D eigenvalue weighted by atomic mass is 10.0. The standard InChI is InChI=1S/C31H42N6O2.2ClH/c1-4-27-33-23(2)29-31(38)36(26-14-15-28(39-3)34-30(26)37(27)29)19-11-6-5-10-18-32-25-16-20-35(21-17-25)22-24-12-8-7-9-13-24;;/h7-9,12-15,25,32H,4-6,10-11,16-22H2,1-3H3;2*1H. The highest BCUT2D eigenvalue weighted by Gasteiger charge is 2.24. The average Bonchev–Trinajstić information content (AvgIpc) is 3.31. The van der Waals surface area contributed by atoms with E-state index in [-0.39, 0.29) is 30.4 Å². The Morgan fingerprint density at radius 2 is 1.73 bits per heavy atom. The van der Waals surface area contributed by atoms with E-state index >= 15 is 0 Å². The van der Waals surface area contributed by atoms with Crippen molar-refractivity contribution >= 4 is 16.7 Å². The molecule has 0 saturated carbocycles. The predicted molar refractivity (Wildman–Crippen MR) is 155 cm³/mol. The molecule has 0 atom stereocenters. The zero-order chi connectivity index (χ0) is 27.2. The normalized spacial score (nSPS) is 16.9. The highest BCUT2D eigenvalue weighted by atomic mass is 35.5. The van der Waals surface area contributed by atoms with E-state index in [1.165, 1.54) is 50.9 Å². The van der Waals surface area contributed by atoms with Crippen LogP contribution in [-0.4, -0.2) is 51.7 Å². The minimum absolute atomic E-state index is 0. The van der Waals surface area contributed by atoms with Crippen LogP contribution < -0.4 is 45.3 Å². The molecule has 4 aromatic rings. The number of methoxy groups -OCH3 is 1. The van der Waals surface area contributed by atoms with Crippen LogP contribution in [0.5, 0.6) is 5.88 Å². The van der Waals surface area contributed by atoms with Gasteiger partial charge in [-0.1, -0.05) is 43.7 Å². The molecule has 3 aromatic heterocycles. The maximum absolute atomic E-state index is 13.6. The quantitative estimate of drug-likeness (QED) is 0.164. The van der Waals surface area contributed by atoms with Gasteiger partial charge in [-0.05, 0) is 32.3 Å². The summed E-state index contributed by atoms with van der Waals surface area (Å²) in [6.45, 7) is 9.57. The van der Waals surface area contributed by atoms with E-state index in [1.807, 2.05) is 28.0 Å².